The predicted molar refractivity (Wildman–Crippen MR) is 84.8 cm³/mol. The SMILES string of the molecule is Cc1cc(-c2cnn(CCN)c2)ccc1OCC(C)(F)F.Cl. The van der Waals surface area contributed by atoms with Crippen molar-refractivity contribution in [1.29, 1.82) is 0 Å². The van der Waals surface area contributed by atoms with Crippen LogP contribution in [0.3, 0.4) is 0 Å². The van der Waals surface area contributed by atoms with Gasteiger partial charge in [0.2, 0.25) is 0 Å². The van der Waals surface area contributed by atoms with Crippen LogP contribution in [-0.2, 0) is 6.54 Å². The van der Waals surface area contributed by atoms with E-state index < -0.39 is 12.5 Å². The van der Waals surface area contributed by atoms with E-state index in [1.165, 1.54) is 0 Å². The van der Waals surface area contributed by atoms with Crippen molar-refractivity contribution >= 4 is 12.4 Å². The largest absolute Gasteiger partial charge is 0.487 e. The number of benzene rings is 1. The number of aryl methyl sites for hydroxylation is 1. The maximum Gasteiger partial charge on any atom is 0.278 e. The molecule has 0 saturated carbocycles. The molecule has 122 valence electrons. The quantitative estimate of drug-likeness (QED) is 0.883. The summed E-state index contributed by atoms with van der Waals surface area (Å²) in [5.41, 5.74) is 8.21. The number of halogens is 3. The Morgan fingerprint density at radius 2 is 2.05 bits per heavy atom. The highest BCUT2D eigenvalue weighted by Crippen LogP contribution is 2.27. The molecule has 22 heavy (non-hydrogen) atoms. The highest BCUT2D eigenvalue weighted by atomic mass is 35.5. The minimum absolute atomic E-state index is 0. The second-order valence-electron chi connectivity index (χ2n) is 5.12. The van der Waals surface area contributed by atoms with Crippen molar-refractivity contribution in [2.45, 2.75) is 26.3 Å². The van der Waals surface area contributed by atoms with Gasteiger partial charge in [0.05, 0.1) is 12.7 Å². The average Bonchev–Trinajstić information content (AvgIpc) is 2.85. The number of aromatic nitrogens is 2. The topological polar surface area (TPSA) is 53.1 Å². The molecule has 0 fully saturated rings. The first kappa shape index (κ1) is 18.4. The number of hydrogen-bond donors (Lipinski definition) is 1. The standard InChI is InChI=1S/C15H19F2N3O.ClH/c1-11-7-12(13-8-19-20(9-13)6-5-18)3-4-14(11)21-10-15(2,16)17;/h3-4,7-9H,5-6,10,18H2,1-2H3;1H. The first-order valence-electron chi connectivity index (χ1n) is 6.73. The van der Waals surface area contributed by atoms with Crippen LogP contribution in [0.25, 0.3) is 11.1 Å². The minimum Gasteiger partial charge on any atom is -0.487 e. The Balaban J connectivity index is 0.00000242. The summed E-state index contributed by atoms with van der Waals surface area (Å²) in [6.07, 6.45) is 3.66. The van der Waals surface area contributed by atoms with Crippen LogP contribution in [-0.4, -0.2) is 28.9 Å². The fourth-order valence-electron chi connectivity index (χ4n) is 1.96. The van der Waals surface area contributed by atoms with E-state index in [1.54, 1.807) is 16.9 Å². The molecular weight excluding hydrogens is 312 g/mol. The van der Waals surface area contributed by atoms with Gasteiger partial charge in [0, 0.05) is 25.2 Å². The van der Waals surface area contributed by atoms with Crippen LogP contribution in [0.2, 0.25) is 0 Å². The molecule has 0 aliphatic rings. The molecule has 0 unspecified atom stereocenters. The molecule has 2 N–H and O–H groups in total. The Bertz CT molecular complexity index is 611. The van der Waals surface area contributed by atoms with Crippen molar-refractivity contribution < 1.29 is 13.5 Å². The maximum absolute atomic E-state index is 12.8. The highest BCUT2D eigenvalue weighted by Gasteiger charge is 2.22. The summed E-state index contributed by atoms with van der Waals surface area (Å²) in [5.74, 6) is -2.37. The molecule has 7 heteroatoms. The molecular formula is C15H20ClF2N3O. The first-order valence-corrected chi connectivity index (χ1v) is 6.73. The zero-order valence-electron chi connectivity index (χ0n) is 12.6. The van der Waals surface area contributed by atoms with E-state index in [1.807, 2.05) is 25.3 Å². The van der Waals surface area contributed by atoms with E-state index in [9.17, 15) is 8.78 Å². The molecule has 0 radical (unpaired) electrons. The molecule has 2 rings (SSSR count). The summed E-state index contributed by atoms with van der Waals surface area (Å²) in [4.78, 5) is 0. The van der Waals surface area contributed by atoms with Crippen molar-refractivity contribution in [3.63, 3.8) is 0 Å². The zero-order valence-corrected chi connectivity index (χ0v) is 13.4. The molecule has 1 heterocycles. The summed E-state index contributed by atoms with van der Waals surface area (Å²) in [6.45, 7) is 3.23. The smallest absolute Gasteiger partial charge is 0.278 e. The molecule has 0 bridgehead atoms. The lowest BCUT2D eigenvalue weighted by Gasteiger charge is -2.14. The number of nitrogens with zero attached hydrogens (tertiary/aromatic N) is 2. The van der Waals surface area contributed by atoms with Crippen molar-refractivity contribution in [3.05, 3.63) is 36.2 Å². The molecule has 0 aliphatic heterocycles. The second kappa shape index (κ2) is 7.56. The second-order valence-corrected chi connectivity index (χ2v) is 5.12. The molecule has 1 aromatic heterocycles. The summed E-state index contributed by atoms with van der Waals surface area (Å²) >= 11 is 0. The van der Waals surface area contributed by atoms with E-state index in [2.05, 4.69) is 5.10 Å². The van der Waals surface area contributed by atoms with Gasteiger partial charge >= 0.3 is 0 Å². The Hall–Kier alpha value is -1.66. The Morgan fingerprint density at radius 3 is 2.64 bits per heavy atom. The van der Waals surface area contributed by atoms with Crippen LogP contribution in [0.1, 0.15) is 12.5 Å². The Morgan fingerprint density at radius 1 is 1.32 bits per heavy atom. The lowest BCUT2D eigenvalue weighted by Crippen LogP contribution is -2.21. The van der Waals surface area contributed by atoms with Gasteiger partial charge in [-0.15, -0.1) is 12.4 Å². The van der Waals surface area contributed by atoms with Gasteiger partial charge in [-0.25, -0.2) is 8.78 Å². The van der Waals surface area contributed by atoms with Crippen LogP contribution < -0.4 is 10.5 Å². The zero-order chi connectivity index (χ0) is 15.5. The van der Waals surface area contributed by atoms with E-state index in [0.29, 0.717) is 18.8 Å². The predicted octanol–water partition coefficient (Wildman–Crippen LogP) is 3.27. The molecule has 1 aromatic carbocycles. The monoisotopic (exact) mass is 331 g/mol. The summed E-state index contributed by atoms with van der Waals surface area (Å²) in [6, 6.07) is 5.43. The number of alkyl halides is 2. The number of ether oxygens (including phenoxy) is 1. The number of hydrogen-bond acceptors (Lipinski definition) is 3. The third-order valence-electron chi connectivity index (χ3n) is 2.98. The van der Waals surface area contributed by atoms with Crippen molar-refractivity contribution in [2.24, 2.45) is 5.73 Å². The lowest BCUT2D eigenvalue weighted by atomic mass is 10.1. The molecule has 0 spiro atoms. The third-order valence-corrected chi connectivity index (χ3v) is 2.98. The van der Waals surface area contributed by atoms with Crippen molar-refractivity contribution in [2.75, 3.05) is 13.2 Å². The van der Waals surface area contributed by atoms with Crippen LogP contribution in [0, 0.1) is 6.92 Å². The van der Waals surface area contributed by atoms with Crippen molar-refractivity contribution in [1.82, 2.24) is 9.78 Å². The van der Waals surface area contributed by atoms with Crippen LogP contribution in [0.5, 0.6) is 5.75 Å². The molecule has 0 amide bonds. The molecule has 0 saturated heterocycles. The molecule has 4 nitrogen and oxygen atoms in total. The fraction of sp³-hybridized carbons (Fsp3) is 0.400. The lowest BCUT2D eigenvalue weighted by molar-refractivity contribution is -0.0231. The van der Waals surface area contributed by atoms with E-state index in [0.717, 1.165) is 23.6 Å². The normalized spacial score (nSPS) is 11.1. The van der Waals surface area contributed by atoms with E-state index in [4.69, 9.17) is 10.5 Å². The summed E-state index contributed by atoms with van der Waals surface area (Å²) < 4.78 is 32.5. The molecule has 0 aliphatic carbocycles. The fourth-order valence-corrected chi connectivity index (χ4v) is 1.96. The van der Waals surface area contributed by atoms with E-state index >= 15 is 0 Å². The first-order chi connectivity index (χ1) is 9.89. The minimum atomic E-state index is -2.84. The number of rotatable bonds is 6. The Kier molecular flexibility index (Phi) is 6.32. The van der Waals surface area contributed by atoms with Gasteiger partial charge in [-0.1, -0.05) is 6.07 Å². The van der Waals surface area contributed by atoms with Crippen LogP contribution >= 0.6 is 12.4 Å². The average molecular weight is 332 g/mol. The van der Waals surface area contributed by atoms with Crippen LogP contribution in [0.4, 0.5) is 8.78 Å². The Labute approximate surface area is 134 Å². The van der Waals surface area contributed by atoms with Gasteiger partial charge in [-0.2, -0.15) is 5.10 Å². The van der Waals surface area contributed by atoms with Crippen molar-refractivity contribution in [3.8, 4) is 16.9 Å². The van der Waals surface area contributed by atoms with Crippen LogP contribution in [0.15, 0.2) is 30.6 Å². The van der Waals surface area contributed by atoms with Gasteiger partial charge in [0.1, 0.15) is 5.75 Å². The van der Waals surface area contributed by atoms with Gasteiger partial charge in [0.25, 0.3) is 5.92 Å². The van der Waals surface area contributed by atoms with Gasteiger partial charge in [0.15, 0.2) is 6.61 Å². The molecule has 0 atom stereocenters. The van der Waals surface area contributed by atoms with Gasteiger partial charge in [-0.3, -0.25) is 4.68 Å². The molecule has 2 aromatic rings. The maximum atomic E-state index is 12.8. The van der Waals surface area contributed by atoms with Gasteiger partial charge < -0.3 is 10.5 Å². The summed E-state index contributed by atoms with van der Waals surface area (Å²) in [5, 5.41) is 4.21. The highest BCUT2D eigenvalue weighted by molar-refractivity contribution is 5.85. The summed E-state index contributed by atoms with van der Waals surface area (Å²) in [7, 11) is 0. The third kappa shape index (κ3) is 4.96. The number of nitrogens with two attached hydrogens (primary N) is 1. The van der Waals surface area contributed by atoms with Gasteiger partial charge in [-0.05, 0) is 30.2 Å². The van der Waals surface area contributed by atoms with E-state index in [-0.39, 0.29) is 12.4 Å².